The molecule has 0 saturated carbocycles. The van der Waals surface area contributed by atoms with Gasteiger partial charge in [0, 0.05) is 17.2 Å². The summed E-state index contributed by atoms with van der Waals surface area (Å²) in [6.07, 6.45) is 0. The first kappa shape index (κ1) is 16.9. The zero-order valence-electron chi connectivity index (χ0n) is 11.6. The maximum atomic E-state index is 12.5. The number of halogens is 2. The zero-order valence-corrected chi connectivity index (χ0v) is 14.7. The minimum absolute atomic E-state index is 0.106. The fraction of sp³-hybridized carbons (Fsp3) is 0. The van der Waals surface area contributed by atoms with E-state index in [2.05, 4.69) is 9.71 Å². The van der Waals surface area contributed by atoms with Crippen LogP contribution in [-0.4, -0.2) is 18.3 Å². The van der Waals surface area contributed by atoms with Crippen molar-refractivity contribution in [3.8, 4) is 0 Å². The Bertz CT molecular complexity index is 1070. The summed E-state index contributed by atoms with van der Waals surface area (Å²) >= 11 is 12.8. The lowest BCUT2D eigenvalue weighted by Crippen LogP contribution is -2.13. The van der Waals surface area contributed by atoms with Crippen molar-refractivity contribution in [1.82, 2.24) is 4.98 Å². The molecule has 0 amide bonds. The molecule has 124 valence electrons. The van der Waals surface area contributed by atoms with Gasteiger partial charge in [-0.3, -0.25) is 14.8 Å². The molecule has 0 aliphatic carbocycles. The molecule has 0 bridgehead atoms. The van der Waals surface area contributed by atoms with Crippen LogP contribution in [0.4, 0.5) is 10.8 Å². The monoisotopic (exact) mass is 403 g/mol. The second kappa shape index (κ2) is 6.17. The molecule has 1 N–H and O–H groups in total. The predicted molar refractivity (Wildman–Crippen MR) is 93.5 cm³/mol. The van der Waals surface area contributed by atoms with E-state index in [4.69, 9.17) is 23.2 Å². The molecule has 7 nitrogen and oxygen atoms in total. The number of fused-ring (bicyclic) bond motifs is 1. The number of nitro benzene ring substituents is 1. The summed E-state index contributed by atoms with van der Waals surface area (Å²) in [6.45, 7) is 0. The molecule has 0 atom stereocenters. The topological polar surface area (TPSA) is 102 Å². The van der Waals surface area contributed by atoms with Gasteiger partial charge in [0.1, 0.15) is 4.90 Å². The smallest absolute Gasteiger partial charge is 0.258 e. The first-order valence-electron chi connectivity index (χ1n) is 6.29. The molecule has 0 spiro atoms. The van der Waals surface area contributed by atoms with Crippen molar-refractivity contribution >= 4 is 65.6 Å². The number of sulfonamides is 1. The van der Waals surface area contributed by atoms with Gasteiger partial charge in [-0.2, -0.15) is 0 Å². The summed E-state index contributed by atoms with van der Waals surface area (Å²) in [5.41, 5.74) is 0.197. The third-order valence-corrected chi connectivity index (χ3v) is 6.11. The van der Waals surface area contributed by atoms with Crippen LogP contribution in [0.25, 0.3) is 10.2 Å². The van der Waals surface area contributed by atoms with Gasteiger partial charge in [0.15, 0.2) is 5.13 Å². The van der Waals surface area contributed by atoms with Crippen molar-refractivity contribution in [3.05, 3.63) is 56.6 Å². The van der Waals surface area contributed by atoms with Crippen LogP contribution in [-0.2, 0) is 10.0 Å². The Balaban J connectivity index is 2.01. The molecule has 0 saturated heterocycles. The van der Waals surface area contributed by atoms with Crippen molar-refractivity contribution < 1.29 is 13.3 Å². The fourth-order valence-corrected chi connectivity index (χ4v) is 4.82. The predicted octanol–water partition coefficient (Wildman–Crippen LogP) is 4.31. The Morgan fingerprint density at radius 2 is 1.92 bits per heavy atom. The first-order valence-corrected chi connectivity index (χ1v) is 9.35. The van der Waals surface area contributed by atoms with E-state index in [1.165, 1.54) is 0 Å². The highest BCUT2D eigenvalue weighted by atomic mass is 35.5. The zero-order chi connectivity index (χ0) is 17.5. The van der Waals surface area contributed by atoms with Crippen molar-refractivity contribution in [3.63, 3.8) is 0 Å². The SMILES string of the molecule is O=[N+]([O-])c1ccc(Cl)c(S(=O)(=O)Nc2nc3ccc(Cl)cc3s2)c1. The molecule has 0 aliphatic rings. The quantitative estimate of drug-likeness (QED) is 0.516. The number of hydrogen-bond donors (Lipinski definition) is 1. The average molecular weight is 404 g/mol. The number of thiazole rings is 1. The molecule has 3 aromatic rings. The van der Waals surface area contributed by atoms with Crippen LogP contribution in [0.15, 0.2) is 41.3 Å². The Morgan fingerprint density at radius 3 is 2.62 bits per heavy atom. The van der Waals surface area contributed by atoms with Gasteiger partial charge in [0.25, 0.3) is 15.7 Å². The summed E-state index contributed by atoms with van der Waals surface area (Å²) in [5.74, 6) is 0. The van der Waals surface area contributed by atoms with Crippen LogP contribution in [0.2, 0.25) is 10.0 Å². The van der Waals surface area contributed by atoms with E-state index in [0.717, 1.165) is 29.5 Å². The van der Waals surface area contributed by atoms with Crippen LogP contribution in [0, 0.1) is 10.1 Å². The molecular formula is C13H7Cl2N3O4S2. The minimum Gasteiger partial charge on any atom is -0.258 e. The number of non-ortho nitro benzene ring substituents is 1. The molecule has 0 fully saturated rings. The van der Waals surface area contributed by atoms with E-state index < -0.39 is 19.8 Å². The molecule has 0 radical (unpaired) electrons. The Morgan fingerprint density at radius 1 is 1.17 bits per heavy atom. The number of nitro groups is 1. The molecule has 3 rings (SSSR count). The highest BCUT2D eigenvalue weighted by molar-refractivity contribution is 7.93. The lowest BCUT2D eigenvalue weighted by Gasteiger charge is -2.06. The van der Waals surface area contributed by atoms with Gasteiger partial charge in [-0.15, -0.1) is 0 Å². The van der Waals surface area contributed by atoms with Gasteiger partial charge in [0.05, 0.1) is 20.2 Å². The van der Waals surface area contributed by atoms with Gasteiger partial charge >= 0.3 is 0 Å². The van der Waals surface area contributed by atoms with Crippen molar-refractivity contribution in [2.45, 2.75) is 4.90 Å². The maximum Gasteiger partial charge on any atom is 0.270 e. The summed E-state index contributed by atoms with van der Waals surface area (Å²) in [5, 5.41) is 11.3. The minimum atomic E-state index is -4.13. The number of nitrogens with one attached hydrogen (secondary N) is 1. The van der Waals surface area contributed by atoms with Gasteiger partial charge in [-0.1, -0.05) is 34.5 Å². The number of nitrogens with zero attached hydrogens (tertiary/aromatic N) is 2. The average Bonchev–Trinajstić information content (AvgIpc) is 2.87. The van der Waals surface area contributed by atoms with Crippen molar-refractivity contribution in [2.75, 3.05) is 4.72 Å². The molecule has 0 unspecified atom stereocenters. The second-order valence-corrected chi connectivity index (χ2v) is 8.13. The van der Waals surface area contributed by atoms with Crippen LogP contribution >= 0.6 is 34.5 Å². The number of aromatic nitrogens is 1. The van der Waals surface area contributed by atoms with E-state index in [1.807, 2.05) is 0 Å². The molecule has 24 heavy (non-hydrogen) atoms. The van der Waals surface area contributed by atoms with E-state index in [9.17, 15) is 18.5 Å². The van der Waals surface area contributed by atoms with Crippen molar-refractivity contribution in [1.29, 1.82) is 0 Å². The number of benzene rings is 2. The molecule has 1 heterocycles. The third-order valence-electron chi connectivity index (χ3n) is 2.99. The largest absolute Gasteiger partial charge is 0.270 e. The molecule has 11 heteroatoms. The first-order chi connectivity index (χ1) is 11.3. The number of hydrogen-bond acceptors (Lipinski definition) is 6. The lowest BCUT2D eigenvalue weighted by atomic mass is 10.3. The Kier molecular flexibility index (Phi) is 4.35. The molecule has 0 aliphatic heterocycles. The van der Waals surface area contributed by atoms with Gasteiger partial charge < -0.3 is 0 Å². The van der Waals surface area contributed by atoms with E-state index in [-0.39, 0.29) is 15.8 Å². The van der Waals surface area contributed by atoms with Gasteiger partial charge in [0.2, 0.25) is 0 Å². The Labute approximate surface area is 150 Å². The standard InChI is InChI=1S/C13H7Cl2N3O4S2/c14-7-1-4-10-11(5-7)23-13(16-10)17-24(21,22)12-6-8(18(19)20)2-3-9(12)15/h1-6H,(H,16,17). The van der Waals surface area contributed by atoms with Crippen molar-refractivity contribution in [2.24, 2.45) is 0 Å². The highest BCUT2D eigenvalue weighted by Gasteiger charge is 2.23. The van der Waals surface area contributed by atoms with E-state index >= 15 is 0 Å². The molecular weight excluding hydrogens is 397 g/mol. The Hall–Kier alpha value is -1.94. The van der Waals surface area contributed by atoms with Crippen LogP contribution in [0.1, 0.15) is 0 Å². The van der Waals surface area contributed by atoms with Crippen LogP contribution < -0.4 is 4.72 Å². The summed E-state index contributed by atoms with van der Waals surface area (Å²) in [7, 11) is -4.13. The van der Waals surface area contributed by atoms with Crippen LogP contribution in [0.3, 0.4) is 0 Å². The van der Waals surface area contributed by atoms with E-state index in [0.29, 0.717) is 15.2 Å². The summed E-state index contributed by atoms with van der Waals surface area (Å²) in [6, 6.07) is 8.14. The van der Waals surface area contributed by atoms with Crippen LogP contribution in [0.5, 0.6) is 0 Å². The maximum absolute atomic E-state index is 12.5. The highest BCUT2D eigenvalue weighted by Crippen LogP contribution is 2.32. The third kappa shape index (κ3) is 3.29. The second-order valence-electron chi connectivity index (χ2n) is 4.61. The van der Waals surface area contributed by atoms with E-state index in [1.54, 1.807) is 18.2 Å². The summed E-state index contributed by atoms with van der Waals surface area (Å²) in [4.78, 5) is 13.9. The normalized spacial score (nSPS) is 11.6. The van der Waals surface area contributed by atoms with Gasteiger partial charge in [-0.05, 0) is 24.3 Å². The molecule has 2 aromatic carbocycles. The number of rotatable bonds is 4. The number of anilines is 1. The van der Waals surface area contributed by atoms with Gasteiger partial charge in [-0.25, -0.2) is 13.4 Å². The fourth-order valence-electron chi connectivity index (χ4n) is 1.92. The molecule has 1 aromatic heterocycles. The lowest BCUT2D eigenvalue weighted by molar-refractivity contribution is -0.385. The summed E-state index contributed by atoms with van der Waals surface area (Å²) < 4.78 is 27.9.